The average molecular weight is 320 g/mol. The maximum Gasteiger partial charge on any atom is 0.194 e. The topological polar surface area (TPSA) is 30.9 Å². The number of rotatable bonds is 7. The molecule has 1 unspecified atom stereocenters. The highest BCUT2D eigenvalue weighted by molar-refractivity contribution is 5.79. The number of guanidine groups is 1. The number of hydrogen-bond acceptors (Lipinski definition) is 2. The lowest BCUT2D eigenvalue weighted by Gasteiger charge is -2.25. The number of benzene rings is 1. The molecular formula is C18H29FN4. The maximum absolute atomic E-state index is 13.0. The molecule has 23 heavy (non-hydrogen) atoms. The van der Waals surface area contributed by atoms with Crippen LogP contribution in [-0.2, 0) is 6.54 Å². The Hall–Kier alpha value is -1.62. The van der Waals surface area contributed by atoms with Crippen LogP contribution < -0.4 is 5.32 Å². The lowest BCUT2D eigenvalue weighted by molar-refractivity contribution is 0.252. The molecule has 1 aliphatic carbocycles. The van der Waals surface area contributed by atoms with Gasteiger partial charge in [0.1, 0.15) is 5.82 Å². The first-order valence-corrected chi connectivity index (χ1v) is 8.47. The van der Waals surface area contributed by atoms with Crippen molar-refractivity contribution in [3.05, 3.63) is 35.6 Å². The van der Waals surface area contributed by atoms with Crippen LogP contribution in [0.15, 0.2) is 29.3 Å². The van der Waals surface area contributed by atoms with Crippen molar-refractivity contribution in [3.8, 4) is 0 Å². The van der Waals surface area contributed by atoms with Gasteiger partial charge in [-0.3, -0.25) is 9.89 Å². The van der Waals surface area contributed by atoms with Gasteiger partial charge in [-0.15, -0.1) is 0 Å². The van der Waals surface area contributed by atoms with Crippen molar-refractivity contribution in [2.24, 2.45) is 4.99 Å². The monoisotopic (exact) mass is 320 g/mol. The van der Waals surface area contributed by atoms with Crippen LogP contribution in [0.25, 0.3) is 0 Å². The first-order chi connectivity index (χ1) is 11.0. The van der Waals surface area contributed by atoms with Gasteiger partial charge in [-0.1, -0.05) is 12.1 Å². The zero-order valence-electron chi connectivity index (χ0n) is 14.7. The van der Waals surface area contributed by atoms with Crippen molar-refractivity contribution >= 4 is 5.96 Å². The molecule has 1 saturated carbocycles. The highest BCUT2D eigenvalue weighted by atomic mass is 19.1. The summed E-state index contributed by atoms with van der Waals surface area (Å²) in [7, 11) is 4.20. The third-order valence-electron chi connectivity index (χ3n) is 4.35. The minimum absolute atomic E-state index is 0.200. The molecule has 1 N–H and O–H groups in total. The van der Waals surface area contributed by atoms with Crippen LogP contribution in [0.2, 0.25) is 0 Å². The van der Waals surface area contributed by atoms with Crippen LogP contribution >= 0.6 is 0 Å². The lowest BCUT2D eigenvalue weighted by Crippen LogP contribution is -2.40. The van der Waals surface area contributed by atoms with Gasteiger partial charge in [0.2, 0.25) is 0 Å². The molecule has 128 valence electrons. The highest BCUT2D eigenvalue weighted by Crippen LogP contribution is 2.26. The Bertz CT molecular complexity index is 510. The van der Waals surface area contributed by atoms with E-state index in [2.05, 4.69) is 36.0 Å². The molecule has 4 nitrogen and oxygen atoms in total. The minimum Gasteiger partial charge on any atom is -0.357 e. The summed E-state index contributed by atoms with van der Waals surface area (Å²) in [4.78, 5) is 9.28. The summed E-state index contributed by atoms with van der Waals surface area (Å²) < 4.78 is 13.0. The van der Waals surface area contributed by atoms with Crippen LogP contribution in [0.5, 0.6) is 0 Å². The second-order valence-electron chi connectivity index (χ2n) is 6.42. The van der Waals surface area contributed by atoms with Crippen LogP contribution in [0, 0.1) is 5.82 Å². The van der Waals surface area contributed by atoms with Crippen LogP contribution in [0.1, 0.15) is 32.3 Å². The smallest absolute Gasteiger partial charge is 0.194 e. The van der Waals surface area contributed by atoms with Gasteiger partial charge in [-0.25, -0.2) is 4.39 Å². The zero-order valence-corrected chi connectivity index (χ0v) is 14.7. The number of likely N-dealkylation sites (N-methyl/N-ethyl adjacent to an activating group) is 1. The number of halogens is 1. The molecule has 0 saturated heterocycles. The molecule has 0 aliphatic heterocycles. The molecule has 2 rings (SSSR count). The lowest BCUT2D eigenvalue weighted by atomic mass is 10.2. The van der Waals surface area contributed by atoms with Gasteiger partial charge in [0.15, 0.2) is 5.96 Å². The summed E-state index contributed by atoms with van der Waals surface area (Å²) in [5, 5.41) is 3.34. The molecule has 0 bridgehead atoms. The molecule has 0 heterocycles. The van der Waals surface area contributed by atoms with Crippen molar-refractivity contribution in [2.45, 2.75) is 45.3 Å². The molecule has 0 amide bonds. The molecule has 1 atom stereocenters. The summed E-state index contributed by atoms with van der Waals surface area (Å²) in [5.41, 5.74) is 1.07. The van der Waals surface area contributed by atoms with Crippen molar-refractivity contribution < 1.29 is 4.39 Å². The van der Waals surface area contributed by atoms with Crippen molar-refractivity contribution in [3.63, 3.8) is 0 Å². The fraction of sp³-hybridized carbons (Fsp3) is 0.611. The Morgan fingerprint density at radius 2 is 1.96 bits per heavy atom. The molecule has 1 aromatic carbocycles. The SMILES string of the molecule is CCNC(=NCC(C)N(C)C1CC1)N(C)Cc1ccc(F)cc1. The first-order valence-electron chi connectivity index (χ1n) is 8.47. The van der Waals surface area contributed by atoms with Gasteiger partial charge >= 0.3 is 0 Å². The summed E-state index contributed by atoms with van der Waals surface area (Å²) in [6.07, 6.45) is 2.63. The summed E-state index contributed by atoms with van der Waals surface area (Å²) in [6, 6.07) is 7.83. The van der Waals surface area contributed by atoms with E-state index in [9.17, 15) is 4.39 Å². The van der Waals surface area contributed by atoms with Crippen LogP contribution in [-0.4, -0.2) is 55.0 Å². The van der Waals surface area contributed by atoms with E-state index in [-0.39, 0.29) is 5.82 Å². The Balaban J connectivity index is 1.94. The van der Waals surface area contributed by atoms with Gasteiger partial charge in [0.05, 0.1) is 6.54 Å². The van der Waals surface area contributed by atoms with E-state index in [0.29, 0.717) is 12.6 Å². The van der Waals surface area contributed by atoms with Crippen molar-refractivity contribution in [1.29, 1.82) is 0 Å². The van der Waals surface area contributed by atoms with Crippen molar-refractivity contribution in [1.82, 2.24) is 15.1 Å². The fourth-order valence-corrected chi connectivity index (χ4v) is 2.60. The second kappa shape index (κ2) is 8.29. The Morgan fingerprint density at radius 1 is 1.30 bits per heavy atom. The van der Waals surface area contributed by atoms with Gasteiger partial charge in [0.25, 0.3) is 0 Å². The summed E-state index contributed by atoms with van der Waals surface area (Å²) in [5.74, 6) is 0.696. The second-order valence-corrected chi connectivity index (χ2v) is 6.42. The highest BCUT2D eigenvalue weighted by Gasteiger charge is 2.28. The maximum atomic E-state index is 13.0. The number of nitrogens with zero attached hydrogens (tertiary/aromatic N) is 3. The van der Waals surface area contributed by atoms with E-state index in [1.807, 2.05) is 19.2 Å². The third-order valence-corrected chi connectivity index (χ3v) is 4.35. The molecule has 1 aliphatic rings. The molecule has 0 spiro atoms. The number of hydrogen-bond donors (Lipinski definition) is 1. The quantitative estimate of drug-likeness (QED) is 0.619. The van der Waals surface area contributed by atoms with E-state index in [0.717, 1.165) is 30.7 Å². The standard InChI is InChI=1S/C18H29FN4/c1-5-20-18(21-12-14(2)23(4)17-10-11-17)22(3)13-15-6-8-16(19)9-7-15/h6-9,14,17H,5,10-13H2,1-4H3,(H,20,21). The Kier molecular flexibility index (Phi) is 6.39. The van der Waals surface area contributed by atoms with Gasteiger partial charge in [0, 0.05) is 32.2 Å². The molecule has 0 radical (unpaired) electrons. The van der Waals surface area contributed by atoms with Gasteiger partial charge < -0.3 is 10.2 Å². The Labute approximate surface area is 139 Å². The first kappa shape index (κ1) is 17.7. The largest absolute Gasteiger partial charge is 0.357 e. The predicted octanol–water partition coefficient (Wildman–Crippen LogP) is 2.71. The number of aliphatic imine (C=N–C) groups is 1. The third kappa shape index (κ3) is 5.50. The van der Waals surface area contributed by atoms with Crippen LogP contribution in [0.3, 0.4) is 0 Å². The van der Waals surface area contributed by atoms with Gasteiger partial charge in [-0.05, 0) is 51.4 Å². The number of nitrogens with one attached hydrogen (secondary N) is 1. The van der Waals surface area contributed by atoms with E-state index < -0.39 is 0 Å². The summed E-state index contributed by atoms with van der Waals surface area (Å²) in [6.45, 7) is 6.62. The zero-order chi connectivity index (χ0) is 16.8. The fourth-order valence-electron chi connectivity index (χ4n) is 2.60. The molecule has 5 heteroatoms. The van der Waals surface area contributed by atoms with E-state index >= 15 is 0 Å². The summed E-state index contributed by atoms with van der Waals surface area (Å²) >= 11 is 0. The van der Waals surface area contributed by atoms with E-state index in [1.54, 1.807) is 0 Å². The normalized spacial score (nSPS) is 16.5. The van der Waals surface area contributed by atoms with E-state index in [4.69, 9.17) is 4.99 Å². The minimum atomic E-state index is -0.200. The molecule has 1 fully saturated rings. The van der Waals surface area contributed by atoms with Crippen molar-refractivity contribution in [2.75, 3.05) is 27.2 Å². The predicted molar refractivity (Wildman–Crippen MR) is 94.1 cm³/mol. The molecular weight excluding hydrogens is 291 g/mol. The Morgan fingerprint density at radius 3 is 2.52 bits per heavy atom. The van der Waals surface area contributed by atoms with Crippen LogP contribution in [0.4, 0.5) is 4.39 Å². The molecule has 0 aromatic heterocycles. The average Bonchev–Trinajstić information content (AvgIpc) is 3.37. The van der Waals surface area contributed by atoms with E-state index in [1.165, 1.54) is 25.0 Å². The van der Waals surface area contributed by atoms with Gasteiger partial charge in [-0.2, -0.15) is 0 Å². The molecule has 1 aromatic rings.